The maximum absolute atomic E-state index is 5.98. The summed E-state index contributed by atoms with van der Waals surface area (Å²) in [5, 5.41) is 5.56. The predicted molar refractivity (Wildman–Crippen MR) is 78.0 cm³/mol. The molecule has 0 amide bonds. The lowest BCUT2D eigenvalue weighted by atomic mass is 9.85. The Morgan fingerprint density at radius 1 is 1.44 bits per heavy atom. The van der Waals surface area contributed by atoms with Crippen LogP contribution in [-0.2, 0) is 11.3 Å². The molecule has 1 aromatic rings. The van der Waals surface area contributed by atoms with E-state index in [0.717, 1.165) is 25.6 Å². The van der Waals surface area contributed by atoms with Gasteiger partial charge in [0.1, 0.15) is 0 Å². The van der Waals surface area contributed by atoms with Crippen molar-refractivity contribution in [3.05, 3.63) is 22.4 Å². The van der Waals surface area contributed by atoms with E-state index in [1.807, 2.05) is 11.3 Å². The van der Waals surface area contributed by atoms with Crippen LogP contribution < -0.4 is 5.32 Å². The normalized spacial score (nSPS) is 24.3. The monoisotopic (exact) mass is 267 g/mol. The molecule has 0 saturated heterocycles. The standard InChI is InChI=1S/C15H25NOS/c1-2-13-5-3-6-14(11-13)17-9-8-16-12-15-7-4-10-18-15/h4,7,10,13-14,16H,2-3,5-6,8-9,11-12H2,1H3. The van der Waals surface area contributed by atoms with Gasteiger partial charge in [-0.2, -0.15) is 0 Å². The Morgan fingerprint density at radius 3 is 3.17 bits per heavy atom. The van der Waals surface area contributed by atoms with E-state index in [-0.39, 0.29) is 0 Å². The highest BCUT2D eigenvalue weighted by Crippen LogP contribution is 2.28. The minimum Gasteiger partial charge on any atom is -0.377 e. The molecular weight excluding hydrogens is 242 g/mol. The largest absolute Gasteiger partial charge is 0.377 e. The number of ether oxygens (including phenoxy) is 1. The number of rotatable bonds is 7. The molecule has 1 aliphatic carbocycles. The third kappa shape index (κ3) is 4.71. The Balaban J connectivity index is 1.52. The Hall–Kier alpha value is -0.380. The molecule has 1 aliphatic rings. The summed E-state index contributed by atoms with van der Waals surface area (Å²) in [6.45, 7) is 5.09. The van der Waals surface area contributed by atoms with E-state index >= 15 is 0 Å². The summed E-state index contributed by atoms with van der Waals surface area (Å²) < 4.78 is 5.98. The molecule has 2 rings (SSSR count). The van der Waals surface area contributed by atoms with Gasteiger partial charge in [0, 0.05) is 18.0 Å². The van der Waals surface area contributed by atoms with Gasteiger partial charge >= 0.3 is 0 Å². The van der Waals surface area contributed by atoms with Gasteiger partial charge < -0.3 is 10.1 Å². The Labute approximate surface area is 115 Å². The fourth-order valence-corrected chi connectivity index (χ4v) is 3.36. The summed E-state index contributed by atoms with van der Waals surface area (Å²) in [5.41, 5.74) is 0. The second-order valence-corrected chi connectivity index (χ2v) is 6.22. The molecule has 1 N–H and O–H groups in total. The lowest BCUT2D eigenvalue weighted by molar-refractivity contribution is 0.0142. The molecule has 0 bridgehead atoms. The molecule has 3 heteroatoms. The van der Waals surface area contributed by atoms with E-state index in [1.165, 1.54) is 37.0 Å². The molecule has 2 nitrogen and oxygen atoms in total. The fraction of sp³-hybridized carbons (Fsp3) is 0.733. The Bertz CT molecular complexity index is 312. The molecule has 0 aliphatic heterocycles. The van der Waals surface area contributed by atoms with Crippen LogP contribution in [-0.4, -0.2) is 19.3 Å². The van der Waals surface area contributed by atoms with Crippen LogP contribution in [0.2, 0.25) is 0 Å². The van der Waals surface area contributed by atoms with Crippen molar-refractivity contribution in [2.24, 2.45) is 5.92 Å². The van der Waals surface area contributed by atoms with Crippen LogP contribution in [0.5, 0.6) is 0 Å². The third-order valence-electron chi connectivity index (χ3n) is 3.82. The fourth-order valence-electron chi connectivity index (χ4n) is 2.69. The van der Waals surface area contributed by atoms with Gasteiger partial charge in [0.25, 0.3) is 0 Å². The van der Waals surface area contributed by atoms with Crippen LogP contribution in [0.3, 0.4) is 0 Å². The second kappa shape index (κ2) is 7.93. The number of nitrogens with one attached hydrogen (secondary N) is 1. The SMILES string of the molecule is CCC1CCCC(OCCNCc2cccs2)C1. The van der Waals surface area contributed by atoms with Gasteiger partial charge in [-0.1, -0.05) is 32.3 Å². The van der Waals surface area contributed by atoms with E-state index in [0.29, 0.717) is 6.10 Å². The van der Waals surface area contributed by atoms with Crippen molar-refractivity contribution in [2.75, 3.05) is 13.2 Å². The summed E-state index contributed by atoms with van der Waals surface area (Å²) in [6, 6.07) is 4.27. The molecular formula is C15H25NOS. The first-order valence-electron chi connectivity index (χ1n) is 7.23. The van der Waals surface area contributed by atoms with Gasteiger partial charge in [-0.05, 0) is 30.2 Å². The molecule has 2 unspecified atom stereocenters. The summed E-state index contributed by atoms with van der Waals surface area (Å²) in [7, 11) is 0. The molecule has 1 aromatic heterocycles. The van der Waals surface area contributed by atoms with Gasteiger partial charge in [-0.15, -0.1) is 11.3 Å². The minimum atomic E-state index is 0.521. The maximum atomic E-state index is 5.98. The van der Waals surface area contributed by atoms with Gasteiger partial charge in [0.15, 0.2) is 0 Å². The van der Waals surface area contributed by atoms with Crippen molar-refractivity contribution in [3.8, 4) is 0 Å². The summed E-state index contributed by atoms with van der Waals surface area (Å²) in [6.07, 6.45) is 7.14. The van der Waals surface area contributed by atoms with Crippen LogP contribution >= 0.6 is 11.3 Å². The van der Waals surface area contributed by atoms with Crippen LogP contribution in [0.4, 0.5) is 0 Å². The number of hydrogen-bond donors (Lipinski definition) is 1. The van der Waals surface area contributed by atoms with Crippen molar-refractivity contribution in [1.82, 2.24) is 5.32 Å². The van der Waals surface area contributed by atoms with Crippen molar-refractivity contribution in [2.45, 2.75) is 51.7 Å². The highest BCUT2D eigenvalue weighted by Gasteiger charge is 2.20. The minimum absolute atomic E-state index is 0.521. The molecule has 2 atom stereocenters. The third-order valence-corrected chi connectivity index (χ3v) is 4.70. The number of thiophene rings is 1. The smallest absolute Gasteiger partial charge is 0.0594 e. The van der Waals surface area contributed by atoms with E-state index in [4.69, 9.17) is 4.74 Å². The van der Waals surface area contributed by atoms with Gasteiger partial charge in [0.2, 0.25) is 0 Å². The topological polar surface area (TPSA) is 21.3 Å². The maximum Gasteiger partial charge on any atom is 0.0594 e. The first-order chi connectivity index (χ1) is 8.88. The zero-order chi connectivity index (χ0) is 12.6. The molecule has 18 heavy (non-hydrogen) atoms. The molecule has 1 saturated carbocycles. The van der Waals surface area contributed by atoms with Gasteiger partial charge in [-0.25, -0.2) is 0 Å². The predicted octanol–water partition coefficient (Wildman–Crippen LogP) is 3.82. The van der Waals surface area contributed by atoms with Crippen LogP contribution in [0.25, 0.3) is 0 Å². The quantitative estimate of drug-likeness (QED) is 0.758. The molecule has 1 fully saturated rings. The van der Waals surface area contributed by atoms with E-state index in [2.05, 4.69) is 29.8 Å². The van der Waals surface area contributed by atoms with Gasteiger partial charge in [0.05, 0.1) is 12.7 Å². The molecule has 1 heterocycles. The Morgan fingerprint density at radius 2 is 2.39 bits per heavy atom. The Kier molecular flexibility index (Phi) is 6.18. The molecule has 0 radical (unpaired) electrons. The van der Waals surface area contributed by atoms with E-state index < -0.39 is 0 Å². The van der Waals surface area contributed by atoms with Crippen molar-refractivity contribution < 1.29 is 4.74 Å². The van der Waals surface area contributed by atoms with Crippen LogP contribution in [0, 0.1) is 5.92 Å². The van der Waals surface area contributed by atoms with Crippen molar-refractivity contribution in [1.29, 1.82) is 0 Å². The first kappa shape index (κ1) is 14.0. The molecule has 0 aromatic carbocycles. The number of hydrogen-bond acceptors (Lipinski definition) is 3. The second-order valence-electron chi connectivity index (χ2n) is 5.19. The van der Waals surface area contributed by atoms with Crippen molar-refractivity contribution in [3.63, 3.8) is 0 Å². The van der Waals surface area contributed by atoms with Crippen LogP contribution in [0.1, 0.15) is 43.9 Å². The van der Waals surface area contributed by atoms with Crippen molar-refractivity contribution >= 4 is 11.3 Å². The summed E-state index contributed by atoms with van der Waals surface area (Å²) in [4.78, 5) is 1.40. The first-order valence-corrected chi connectivity index (χ1v) is 8.11. The zero-order valence-electron chi connectivity index (χ0n) is 11.4. The highest BCUT2D eigenvalue weighted by atomic mass is 32.1. The lowest BCUT2D eigenvalue weighted by Gasteiger charge is -2.28. The highest BCUT2D eigenvalue weighted by molar-refractivity contribution is 7.09. The van der Waals surface area contributed by atoms with E-state index in [1.54, 1.807) is 0 Å². The average Bonchev–Trinajstić information content (AvgIpc) is 2.92. The molecule has 0 spiro atoms. The summed E-state index contributed by atoms with van der Waals surface area (Å²) in [5.74, 6) is 0.905. The average molecular weight is 267 g/mol. The lowest BCUT2D eigenvalue weighted by Crippen LogP contribution is -2.26. The summed E-state index contributed by atoms with van der Waals surface area (Å²) >= 11 is 1.81. The zero-order valence-corrected chi connectivity index (χ0v) is 12.2. The molecule has 102 valence electrons. The van der Waals surface area contributed by atoms with E-state index in [9.17, 15) is 0 Å². The van der Waals surface area contributed by atoms with Crippen LogP contribution in [0.15, 0.2) is 17.5 Å². The van der Waals surface area contributed by atoms with Gasteiger partial charge in [-0.3, -0.25) is 0 Å².